The molecular formula is C17H27NO. The van der Waals surface area contributed by atoms with E-state index >= 15 is 0 Å². The number of nitrogens with two attached hydrogens (primary N) is 1. The van der Waals surface area contributed by atoms with Crippen LogP contribution in [0.3, 0.4) is 0 Å². The quantitative estimate of drug-likeness (QED) is 0.849. The van der Waals surface area contributed by atoms with Gasteiger partial charge in [0.2, 0.25) is 0 Å². The third-order valence-electron chi connectivity index (χ3n) is 4.67. The largest absolute Gasteiger partial charge is 0.508 e. The van der Waals surface area contributed by atoms with Gasteiger partial charge in [-0.3, -0.25) is 0 Å². The smallest absolute Gasteiger partial charge is 0.115 e. The van der Waals surface area contributed by atoms with Gasteiger partial charge in [0.15, 0.2) is 0 Å². The summed E-state index contributed by atoms with van der Waals surface area (Å²) in [6, 6.07) is 7.51. The van der Waals surface area contributed by atoms with Crippen LogP contribution in [0.5, 0.6) is 5.75 Å². The lowest BCUT2D eigenvalue weighted by atomic mass is 9.66. The van der Waals surface area contributed by atoms with Gasteiger partial charge in [0.25, 0.3) is 0 Å². The van der Waals surface area contributed by atoms with E-state index in [1.165, 1.54) is 12.8 Å². The molecule has 0 aromatic heterocycles. The van der Waals surface area contributed by atoms with E-state index in [9.17, 15) is 5.11 Å². The first-order valence-electron chi connectivity index (χ1n) is 7.35. The first-order chi connectivity index (χ1) is 8.78. The Morgan fingerprint density at radius 2 is 1.89 bits per heavy atom. The first kappa shape index (κ1) is 14.4. The molecule has 0 unspecified atom stereocenters. The van der Waals surface area contributed by atoms with Crippen LogP contribution in [0.15, 0.2) is 24.3 Å². The molecule has 0 amide bonds. The molecule has 2 rings (SSSR count). The molecular weight excluding hydrogens is 234 g/mol. The summed E-state index contributed by atoms with van der Waals surface area (Å²) in [5, 5.41) is 9.53. The zero-order chi connectivity index (χ0) is 14.1. The molecule has 0 bridgehead atoms. The fourth-order valence-corrected chi connectivity index (χ4v) is 3.31. The number of hydrogen-bond acceptors (Lipinski definition) is 2. The highest BCUT2D eigenvalue weighted by molar-refractivity contribution is 5.28. The van der Waals surface area contributed by atoms with E-state index < -0.39 is 0 Å². The predicted molar refractivity (Wildman–Crippen MR) is 80.1 cm³/mol. The summed E-state index contributed by atoms with van der Waals surface area (Å²) in [4.78, 5) is 0. The third-order valence-corrected chi connectivity index (χ3v) is 4.67. The number of phenolic OH excluding ortho intramolecular Hbond substituents is 1. The zero-order valence-electron chi connectivity index (χ0n) is 12.4. The van der Waals surface area contributed by atoms with Crippen molar-refractivity contribution in [2.24, 2.45) is 17.1 Å². The Hall–Kier alpha value is -1.02. The molecule has 0 saturated heterocycles. The van der Waals surface area contributed by atoms with E-state index in [1.54, 1.807) is 6.07 Å². The summed E-state index contributed by atoms with van der Waals surface area (Å²) in [6.45, 7) is 6.99. The Morgan fingerprint density at radius 3 is 2.42 bits per heavy atom. The summed E-state index contributed by atoms with van der Waals surface area (Å²) in [6.07, 6.45) is 5.49. The standard InChI is InChI=1S/C17H27NO/c1-16(2,3)14-7-9-17(18,10-8-14)12-13-5-4-6-15(19)11-13/h4-6,11,14,19H,7-10,12,18H2,1-3H3. The van der Waals surface area contributed by atoms with E-state index in [0.29, 0.717) is 11.2 Å². The lowest BCUT2D eigenvalue weighted by Crippen LogP contribution is -2.46. The minimum atomic E-state index is -0.0878. The number of hydrogen-bond donors (Lipinski definition) is 2. The summed E-state index contributed by atoms with van der Waals surface area (Å²) >= 11 is 0. The first-order valence-corrected chi connectivity index (χ1v) is 7.35. The normalized spacial score (nSPS) is 28.3. The number of rotatable bonds is 2. The second kappa shape index (κ2) is 5.16. The van der Waals surface area contributed by atoms with E-state index in [1.807, 2.05) is 12.1 Å². The maximum atomic E-state index is 9.53. The lowest BCUT2D eigenvalue weighted by Gasteiger charge is -2.42. The highest BCUT2D eigenvalue weighted by atomic mass is 16.3. The fourth-order valence-electron chi connectivity index (χ4n) is 3.31. The molecule has 0 aliphatic heterocycles. The van der Waals surface area contributed by atoms with Crippen LogP contribution in [0.25, 0.3) is 0 Å². The highest BCUT2D eigenvalue weighted by Crippen LogP contribution is 2.41. The van der Waals surface area contributed by atoms with Crippen LogP contribution < -0.4 is 5.73 Å². The van der Waals surface area contributed by atoms with Crippen LogP contribution >= 0.6 is 0 Å². The van der Waals surface area contributed by atoms with Crippen molar-refractivity contribution in [1.29, 1.82) is 0 Å². The van der Waals surface area contributed by atoms with Crippen molar-refractivity contribution in [2.45, 2.75) is 58.4 Å². The summed E-state index contributed by atoms with van der Waals surface area (Å²) in [5.74, 6) is 1.12. The summed E-state index contributed by atoms with van der Waals surface area (Å²) in [7, 11) is 0. The molecule has 3 N–H and O–H groups in total. The molecule has 1 saturated carbocycles. The molecule has 1 fully saturated rings. The topological polar surface area (TPSA) is 46.2 Å². The average Bonchev–Trinajstić information content (AvgIpc) is 2.27. The van der Waals surface area contributed by atoms with Crippen LogP contribution in [0, 0.1) is 11.3 Å². The second-order valence-corrected chi connectivity index (χ2v) is 7.35. The summed E-state index contributed by atoms with van der Waals surface area (Å²) in [5.41, 5.74) is 8.02. The van der Waals surface area contributed by atoms with Crippen molar-refractivity contribution < 1.29 is 5.11 Å². The Labute approximate surface area is 117 Å². The SMILES string of the molecule is CC(C)(C)C1CCC(N)(Cc2cccc(O)c2)CC1. The van der Waals surface area contributed by atoms with Crippen LogP contribution in [0.1, 0.15) is 52.0 Å². The minimum Gasteiger partial charge on any atom is -0.508 e. The van der Waals surface area contributed by atoms with Crippen molar-refractivity contribution in [3.63, 3.8) is 0 Å². The predicted octanol–water partition coefficient (Wildman–Crippen LogP) is 3.87. The Morgan fingerprint density at radius 1 is 1.26 bits per heavy atom. The van der Waals surface area contributed by atoms with Gasteiger partial charge < -0.3 is 10.8 Å². The van der Waals surface area contributed by atoms with Gasteiger partial charge in [-0.05, 0) is 61.1 Å². The second-order valence-electron chi connectivity index (χ2n) is 7.35. The van der Waals surface area contributed by atoms with Gasteiger partial charge in [-0.15, -0.1) is 0 Å². The van der Waals surface area contributed by atoms with Gasteiger partial charge in [-0.2, -0.15) is 0 Å². The zero-order valence-corrected chi connectivity index (χ0v) is 12.4. The average molecular weight is 261 g/mol. The fraction of sp³-hybridized carbons (Fsp3) is 0.647. The minimum absolute atomic E-state index is 0.0878. The molecule has 2 heteroatoms. The van der Waals surface area contributed by atoms with Gasteiger partial charge in [-0.1, -0.05) is 32.9 Å². The number of aromatic hydroxyl groups is 1. The van der Waals surface area contributed by atoms with Crippen LogP contribution in [-0.4, -0.2) is 10.6 Å². The monoisotopic (exact) mass is 261 g/mol. The Bertz CT molecular complexity index is 425. The lowest BCUT2D eigenvalue weighted by molar-refractivity contribution is 0.134. The van der Waals surface area contributed by atoms with Crippen LogP contribution in [-0.2, 0) is 6.42 Å². The molecule has 0 heterocycles. The van der Waals surface area contributed by atoms with Crippen LogP contribution in [0.2, 0.25) is 0 Å². The van der Waals surface area contributed by atoms with Crippen LogP contribution in [0.4, 0.5) is 0 Å². The maximum Gasteiger partial charge on any atom is 0.115 e. The van der Waals surface area contributed by atoms with E-state index in [0.717, 1.165) is 30.7 Å². The number of benzene rings is 1. The molecule has 0 atom stereocenters. The maximum absolute atomic E-state index is 9.53. The van der Waals surface area contributed by atoms with Crippen molar-refractivity contribution in [3.05, 3.63) is 29.8 Å². The van der Waals surface area contributed by atoms with E-state index in [-0.39, 0.29) is 5.54 Å². The molecule has 1 aromatic rings. The highest BCUT2D eigenvalue weighted by Gasteiger charge is 2.36. The van der Waals surface area contributed by atoms with E-state index in [2.05, 4.69) is 26.8 Å². The molecule has 106 valence electrons. The van der Waals surface area contributed by atoms with Crippen molar-refractivity contribution >= 4 is 0 Å². The van der Waals surface area contributed by atoms with Gasteiger partial charge in [0.1, 0.15) is 5.75 Å². The molecule has 0 spiro atoms. The van der Waals surface area contributed by atoms with Crippen molar-refractivity contribution in [1.82, 2.24) is 0 Å². The van der Waals surface area contributed by atoms with Crippen molar-refractivity contribution in [2.75, 3.05) is 0 Å². The van der Waals surface area contributed by atoms with Crippen molar-refractivity contribution in [3.8, 4) is 5.75 Å². The molecule has 1 aromatic carbocycles. The Balaban J connectivity index is 1.99. The van der Waals surface area contributed by atoms with Gasteiger partial charge in [-0.25, -0.2) is 0 Å². The molecule has 1 aliphatic carbocycles. The molecule has 19 heavy (non-hydrogen) atoms. The van der Waals surface area contributed by atoms with Gasteiger partial charge >= 0.3 is 0 Å². The Kier molecular flexibility index (Phi) is 3.91. The van der Waals surface area contributed by atoms with Gasteiger partial charge in [0, 0.05) is 5.54 Å². The molecule has 2 nitrogen and oxygen atoms in total. The van der Waals surface area contributed by atoms with E-state index in [4.69, 9.17) is 5.73 Å². The summed E-state index contributed by atoms with van der Waals surface area (Å²) < 4.78 is 0. The number of phenols is 1. The molecule has 0 radical (unpaired) electrons. The third kappa shape index (κ3) is 3.73. The van der Waals surface area contributed by atoms with Gasteiger partial charge in [0.05, 0.1) is 0 Å². The molecule has 1 aliphatic rings.